The molecule has 0 aliphatic carbocycles. The average Bonchev–Trinajstić information content (AvgIpc) is 2.46. The van der Waals surface area contributed by atoms with Crippen LogP contribution in [0.25, 0.3) is 0 Å². The third kappa shape index (κ3) is 4.65. The number of hydrogen-bond acceptors (Lipinski definition) is 3. The Kier molecular flexibility index (Phi) is 5.36. The SMILES string of the molecule is O=C(CC1CCCCO1)NCc1cccc(CO)c1. The van der Waals surface area contributed by atoms with E-state index in [0.29, 0.717) is 13.0 Å². The molecule has 1 unspecified atom stereocenters. The normalized spacial score (nSPS) is 19.1. The summed E-state index contributed by atoms with van der Waals surface area (Å²) in [5.41, 5.74) is 1.87. The second kappa shape index (κ2) is 7.26. The van der Waals surface area contributed by atoms with E-state index in [-0.39, 0.29) is 18.6 Å². The first kappa shape index (κ1) is 14.0. The lowest BCUT2D eigenvalue weighted by Crippen LogP contribution is -2.30. The molecule has 0 aromatic heterocycles. The van der Waals surface area contributed by atoms with Crippen molar-refractivity contribution >= 4 is 5.91 Å². The van der Waals surface area contributed by atoms with E-state index >= 15 is 0 Å². The molecule has 1 aromatic carbocycles. The molecular formula is C15H21NO3. The van der Waals surface area contributed by atoms with Gasteiger partial charge in [-0.3, -0.25) is 4.79 Å². The van der Waals surface area contributed by atoms with Crippen LogP contribution in [0.1, 0.15) is 36.8 Å². The fraction of sp³-hybridized carbons (Fsp3) is 0.533. The van der Waals surface area contributed by atoms with E-state index in [4.69, 9.17) is 9.84 Å². The van der Waals surface area contributed by atoms with E-state index in [1.165, 1.54) is 0 Å². The van der Waals surface area contributed by atoms with Gasteiger partial charge in [-0.05, 0) is 30.4 Å². The minimum Gasteiger partial charge on any atom is -0.392 e. The molecule has 1 heterocycles. The standard InChI is InChI=1S/C15H21NO3/c17-11-13-5-3-4-12(8-13)10-16-15(18)9-14-6-1-2-7-19-14/h3-5,8,14,17H,1-2,6-7,9-11H2,(H,16,18). The molecule has 104 valence electrons. The van der Waals surface area contributed by atoms with Crippen LogP contribution in [0.15, 0.2) is 24.3 Å². The molecule has 19 heavy (non-hydrogen) atoms. The number of ether oxygens (including phenoxy) is 1. The molecule has 1 aliphatic rings. The van der Waals surface area contributed by atoms with Crippen LogP contribution in [0.4, 0.5) is 0 Å². The predicted molar refractivity (Wildman–Crippen MR) is 72.4 cm³/mol. The number of carbonyl (C=O) groups is 1. The molecule has 0 radical (unpaired) electrons. The van der Waals surface area contributed by atoms with Crippen LogP contribution in [0.3, 0.4) is 0 Å². The number of nitrogens with one attached hydrogen (secondary N) is 1. The highest BCUT2D eigenvalue weighted by Gasteiger charge is 2.17. The Morgan fingerprint density at radius 1 is 1.37 bits per heavy atom. The number of benzene rings is 1. The molecule has 4 nitrogen and oxygen atoms in total. The highest BCUT2D eigenvalue weighted by atomic mass is 16.5. The van der Waals surface area contributed by atoms with Gasteiger partial charge in [-0.15, -0.1) is 0 Å². The molecule has 1 aliphatic heterocycles. The molecular weight excluding hydrogens is 242 g/mol. The Balaban J connectivity index is 1.76. The monoisotopic (exact) mass is 263 g/mol. The third-order valence-corrected chi connectivity index (χ3v) is 3.35. The van der Waals surface area contributed by atoms with Crippen molar-refractivity contribution in [2.75, 3.05) is 6.61 Å². The molecule has 1 fully saturated rings. The number of aliphatic hydroxyl groups excluding tert-OH is 1. The van der Waals surface area contributed by atoms with Gasteiger partial charge in [0, 0.05) is 13.2 Å². The van der Waals surface area contributed by atoms with Crippen molar-refractivity contribution in [2.24, 2.45) is 0 Å². The van der Waals surface area contributed by atoms with Gasteiger partial charge in [-0.1, -0.05) is 24.3 Å². The fourth-order valence-electron chi connectivity index (χ4n) is 2.29. The first-order chi connectivity index (χ1) is 9.28. The zero-order valence-corrected chi connectivity index (χ0v) is 11.1. The van der Waals surface area contributed by atoms with Gasteiger partial charge in [0.2, 0.25) is 5.91 Å². The van der Waals surface area contributed by atoms with Crippen molar-refractivity contribution in [3.05, 3.63) is 35.4 Å². The summed E-state index contributed by atoms with van der Waals surface area (Å²) in [5.74, 6) is 0.0290. The molecule has 0 spiro atoms. The van der Waals surface area contributed by atoms with E-state index in [9.17, 15) is 4.79 Å². The van der Waals surface area contributed by atoms with E-state index in [0.717, 1.165) is 37.0 Å². The largest absolute Gasteiger partial charge is 0.392 e. The quantitative estimate of drug-likeness (QED) is 0.851. The van der Waals surface area contributed by atoms with Crippen LogP contribution in [0, 0.1) is 0 Å². The zero-order chi connectivity index (χ0) is 13.5. The van der Waals surface area contributed by atoms with Crippen LogP contribution >= 0.6 is 0 Å². The topological polar surface area (TPSA) is 58.6 Å². The van der Waals surface area contributed by atoms with Crippen LogP contribution < -0.4 is 5.32 Å². The van der Waals surface area contributed by atoms with Crippen LogP contribution in [-0.4, -0.2) is 23.7 Å². The second-order valence-corrected chi connectivity index (χ2v) is 4.95. The zero-order valence-electron chi connectivity index (χ0n) is 11.1. The third-order valence-electron chi connectivity index (χ3n) is 3.35. The van der Waals surface area contributed by atoms with Gasteiger partial charge in [-0.25, -0.2) is 0 Å². The Morgan fingerprint density at radius 2 is 2.21 bits per heavy atom. The summed E-state index contributed by atoms with van der Waals surface area (Å²) in [4.78, 5) is 11.8. The lowest BCUT2D eigenvalue weighted by Gasteiger charge is -2.21. The van der Waals surface area contributed by atoms with E-state index < -0.39 is 0 Å². The highest BCUT2D eigenvalue weighted by Crippen LogP contribution is 2.15. The summed E-state index contributed by atoms with van der Waals surface area (Å²) in [5, 5.41) is 11.9. The van der Waals surface area contributed by atoms with Gasteiger partial charge in [0.05, 0.1) is 19.1 Å². The highest BCUT2D eigenvalue weighted by molar-refractivity contribution is 5.76. The number of hydrogen-bond donors (Lipinski definition) is 2. The van der Waals surface area contributed by atoms with Gasteiger partial charge in [0.15, 0.2) is 0 Å². The molecule has 2 N–H and O–H groups in total. The van der Waals surface area contributed by atoms with Crippen molar-refractivity contribution in [3.8, 4) is 0 Å². The maximum Gasteiger partial charge on any atom is 0.222 e. The van der Waals surface area contributed by atoms with Gasteiger partial charge in [-0.2, -0.15) is 0 Å². The van der Waals surface area contributed by atoms with Gasteiger partial charge in [0.1, 0.15) is 0 Å². The molecule has 1 amide bonds. The van der Waals surface area contributed by atoms with Crippen molar-refractivity contribution < 1.29 is 14.6 Å². The Labute approximate surface area is 113 Å². The molecule has 1 aromatic rings. The molecule has 1 atom stereocenters. The summed E-state index contributed by atoms with van der Waals surface area (Å²) >= 11 is 0. The van der Waals surface area contributed by atoms with Crippen molar-refractivity contribution in [3.63, 3.8) is 0 Å². The lowest BCUT2D eigenvalue weighted by molar-refractivity contribution is -0.125. The Morgan fingerprint density at radius 3 is 2.95 bits per heavy atom. The van der Waals surface area contributed by atoms with Crippen molar-refractivity contribution in [2.45, 2.75) is 44.9 Å². The fourth-order valence-corrected chi connectivity index (χ4v) is 2.29. The minimum atomic E-state index is 0.0255. The number of carbonyl (C=O) groups excluding carboxylic acids is 1. The Hall–Kier alpha value is -1.39. The summed E-state index contributed by atoms with van der Waals surface area (Å²) in [6.45, 7) is 1.30. The Bertz CT molecular complexity index is 414. The lowest BCUT2D eigenvalue weighted by atomic mass is 10.1. The van der Waals surface area contributed by atoms with Gasteiger partial charge < -0.3 is 15.2 Å². The smallest absolute Gasteiger partial charge is 0.222 e. The second-order valence-electron chi connectivity index (χ2n) is 4.95. The maximum absolute atomic E-state index is 11.8. The number of rotatable bonds is 5. The molecule has 4 heteroatoms. The molecule has 1 saturated heterocycles. The van der Waals surface area contributed by atoms with E-state index in [2.05, 4.69) is 5.32 Å². The maximum atomic E-state index is 11.8. The van der Waals surface area contributed by atoms with Crippen LogP contribution in [-0.2, 0) is 22.7 Å². The summed E-state index contributed by atoms with van der Waals surface area (Å²) in [6, 6.07) is 7.59. The van der Waals surface area contributed by atoms with Gasteiger partial charge in [0.25, 0.3) is 0 Å². The van der Waals surface area contributed by atoms with E-state index in [1.807, 2.05) is 24.3 Å². The molecule has 0 saturated carbocycles. The van der Waals surface area contributed by atoms with Crippen LogP contribution in [0.2, 0.25) is 0 Å². The first-order valence-electron chi connectivity index (χ1n) is 6.85. The molecule has 0 bridgehead atoms. The first-order valence-corrected chi connectivity index (χ1v) is 6.85. The van der Waals surface area contributed by atoms with Crippen molar-refractivity contribution in [1.82, 2.24) is 5.32 Å². The average molecular weight is 263 g/mol. The number of aliphatic hydroxyl groups is 1. The summed E-state index contributed by atoms with van der Waals surface area (Å²) in [6.07, 6.45) is 3.76. The van der Waals surface area contributed by atoms with Gasteiger partial charge >= 0.3 is 0 Å². The van der Waals surface area contributed by atoms with Crippen LogP contribution in [0.5, 0.6) is 0 Å². The molecule has 2 rings (SSSR count). The van der Waals surface area contributed by atoms with E-state index in [1.54, 1.807) is 0 Å². The summed E-state index contributed by atoms with van der Waals surface area (Å²) < 4.78 is 5.54. The number of amides is 1. The predicted octanol–water partition coefficient (Wildman–Crippen LogP) is 1.75. The minimum absolute atomic E-state index is 0.0255. The summed E-state index contributed by atoms with van der Waals surface area (Å²) in [7, 11) is 0. The van der Waals surface area contributed by atoms with Crippen molar-refractivity contribution in [1.29, 1.82) is 0 Å².